The number of aliphatic hydroxyl groups excluding tert-OH is 1. The molecule has 2 bridgehead atoms. The number of ether oxygens (including phenoxy) is 1. The molecule has 2 nitrogen and oxygen atoms in total. The molecule has 0 amide bonds. The Labute approximate surface area is 54.8 Å². The van der Waals surface area contributed by atoms with E-state index in [4.69, 9.17) is 4.74 Å². The zero-order valence-corrected chi connectivity index (χ0v) is 5.42. The molecule has 1 unspecified atom stereocenters. The van der Waals surface area contributed by atoms with Crippen molar-refractivity contribution >= 4 is 0 Å². The molecule has 1 N–H and O–H groups in total. The van der Waals surface area contributed by atoms with Crippen LogP contribution in [0.3, 0.4) is 0 Å². The predicted molar refractivity (Wildman–Crippen MR) is 33.1 cm³/mol. The summed E-state index contributed by atoms with van der Waals surface area (Å²) in [5, 5.41) is 9.27. The van der Waals surface area contributed by atoms with E-state index in [1.54, 1.807) is 0 Å². The maximum Gasteiger partial charge on any atom is 0.0838 e. The normalized spacial score (nSPS) is 49.7. The molecule has 0 saturated carbocycles. The molecule has 0 aromatic rings. The average molecular weight is 128 g/mol. The van der Waals surface area contributed by atoms with E-state index in [-0.39, 0.29) is 12.2 Å². The first kappa shape index (κ1) is 5.69. The van der Waals surface area contributed by atoms with Crippen molar-refractivity contribution in [1.82, 2.24) is 0 Å². The molecular formula is C7H12O2. The number of hydrogen-bond donors (Lipinski definition) is 1. The Hall–Kier alpha value is -0.0800. The summed E-state index contributed by atoms with van der Waals surface area (Å²) in [6.45, 7) is 0. The van der Waals surface area contributed by atoms with Crippen molar-refractivity contribution in [2.24, 2.45) is 0 Å². The van der Waals surface area contributed by atoms with Gasteiger partial charge in [0.1, 0.15) is 0 Å². The van der Waals surface area contributed by atoms with Gasteiger partial charge in [0.2, 0.25) is 0 Å². The van der Waals surface area contributed by atoms with Crippen LogP contribution < -0.4 is 0 Å². The van der Waals surface area contributed by atoms with Gasteiger partial charge in [0, 0.05) is 0 Å². The van der Waals surface area contributed by atoms with Crippen LogP contribution >= 0.6 is 0 Å². The molecule has 0 aliphatic carbocycles. The van der Waals surface area contributed by atoms with E-state index >= 15 is 0 Å². The van der Waals surface area contributed by atoms with E-state index in [1.807, 2.05) is 0 Å². The van der Waals surface area contributed by atoms with Crippen LogP contribution in [0.4, 0.5) is 0 Å². The lowest BCUT2D eigenvalue weighted by atomic mass is 10.1. The molecule has 0 aromatic carbocycles. The summed E-state index contributed by atoms with van der Waals surface area (Å²) in [5.41, 5.74) is 0. The Morgan fingerprint density at radius 3 is 2.67 bits per heavy atom. The van der Waals surface area contributed by atoms with Gasteiger partial charge >= 0.3 is 0 Å². The third-order valence-electron chi connectivity index (χ3n) is 2.35. The van der Waals surface area contributed by atoms with Crippen molar-refractivity contribution in [3.05, 3.63) is 0 Å². The zero-order valence-electron chi connectivity index (χ0n) is 5.42. The minimum Gasteiger partial charge on any atom is -0.390 e. The van der Waals surface area contributed by atoms with Gasteiger partial charge in [-0.3, -0.25) is 0 Å². The number of fused-ring (bicyclic) bond motifs is 2. The minimum absolute atomic E-state index is 0.163. The molecule has 52 valence electrons. The molecule has 3 atom stereocenters. The van der Waals surface area contributed by atoms with Crippen LogP contribution in [0.5, 0.6) is 0 Å². The van der Waals surface area contributed by atoms with Gasteiger partial charge in [-0.2, -0.15) is 0 Å². The molecule has 2 aliphatic rings. The van der Waals surface area contributed by atoms with E-state index in [0.29, 0.717) is 6.10 Å². The molecule has 9 heavy (non-hydrogen) atoms. The molecule has 0 radical (unpaired) electrons. The van der Waals surface area contributed by atoms with E-state index < -0.39 is 0 Å². The van der Waals surface area contributed by atoms with E-state index in [1.165, 1.54) is 6.42 Å². The van der Waals surface area contributed by atoms with E-state index in [0.717, 1.165) is 19.3 Å². The van der Waals surface area contributed by atoms with Crippen molar-refractivity contribution in [2.45, 2.75) is 44.0 Å². The molecule has 2 aliphatic heterocycles. The number of hydrogen-bond acceptors (Lipinski definition) is 2. The monoisotopic (exact) mass is 128 g/mol. The third-order valence-corrected chi connectivity index (χ3v) is 2.35. The number of rotatable bonds is 0. The first-order valence-electron chi connectivity index (χ1n) is 3.70. The fourth-order valence-electron chi connectivity index (χ4n) is 1.77. The largest absolute Gasteiger partial charge is 0.390 e. The quantitative estimate of drug-likeness (QED) is 0.520. The van der Waals surface area contributed by atoms with Crippen LogP contribution in [0.1, 0.15) is 25.7 Å². The SMILES string of the molecule is O[C@H]1CC[C@@H]2CCC1O2. The lowest BCUT2D eigenvalue weighted by Crippen LogP contribution is -2.31. The lowest BCUT2D eigenvalue weighted by Gasteiger charge is -2.24. The van der Waals surface area contributed by atoms with Gasteiger partial charge in [-0.15, -0.1) is 0 Å². The molecule has 0 aromatic heterocycles. The maximum atomic E-state index is 9.27. The zero-order chi connectivity index (χ0) is 6.27. The summed E-state index contributed by atoms with van der Waals surface area (Å²) < 4.78 is 5.46. The van der Waals surface area contributed by atoms with Crippen molar-refractivity contribution in [1.29, 1.82) is 0 Å². The fraction of sp³-hybridized carbons (Fsp3) is 1.00. The first-order chi connectivity index (χ1) is 4.36. The Bertz CT molecular complexity index is 113. The Morgan fingerprint density at radius 1 is 1.11 bits per heavy atom. The molecule has 2 rings (SSSR count). The average Bonchev–Trinajstić information content (AvgIpc) is 2.25. The summed E-state index contributed by atoms with van der Waals surface area (Å²) >= 11 is 0. The molecule has 0 spiro atoms. The van der Waals surface area contributed by atoms with Gasteiger partial charge in [0.05, 0.1) is 18.3 Å². The van der Waals surface area contributed by atoms with Crippen molar-refractivity contribution in [3.8, 4) is 0 Å². The summed E-state index contributed by atoms with van der Waals surface area (Å²) in [7, 11) is 0. The van der Waals surface area contributed by atoms with Gasteiger partial charge in [-0.1, -0.05) is 0 Å². The van der Waals surface area contributed by atoms with Crippen LogP contribution in [0, 0.1) is 0 Å². The molecule has 2 saturated heterocycles. The highest BCUT2D eigenvalue weighted by Gasteiger charge is 2.35. The summed E-state index contributed by atoms with van der Waals surface area (Å²) in [5.74, 6) is 0. The van der Waals surface area contributed by atoms with Crippen LogP contribution in [-0.4, -0.2) is 23.4 Å². The van der Waals surface area contributed by atoms with Gasteiger partial charge in [-0.05, 0) is 25.7 Å². The summed E-state index contributed by atoms with van der Waals surface area (Å²) in [4.78, 5) is 0. The molecule has 2 heteroatoms. The van der Waals surface area contributed by atoms with E-state index in [2.05, 4.69) is 0 Å². The van der Waals surface area contributed by atoms with Crippen LogP contribution in [0.15, 0.2) is 0 Å². The van der Waals surface area contributed by atoms with Crippen LogP contribution in [0.2, 0.25) is 0 Å². The maximum absolute atomic E-state index is 9.27. The predicted octanol–water partition coefficient (Wildman–Crippen LogP) is 0.689. The van der Waals surface area contributed by atoms with Gasteiger partial charge in [0.15, 0.2) is 0 Å². The second-order valence-corrected chi connectivity index (χ2v) is 3.02. The highest BCUT2D eigenvalue weighted by molar-refractivity contribution is 4.85. The summed E-state index contributed by atoms with van der Waals surface area (Å²) in [6, 6.07) is 0. The third kappa shape index (κ3) is 0.864. The van der Waals surface area contributed by atoms with Crippen molar-refractivity contribution in [3.63, 3.8) is 0 Å². The molecule has 2 heterocycles. The number of aliphatic hydroxyl groups is 1. The molecule has 2 fully saturated rings. The van der Waals surface area contributed by atoms with E-state index in [9.17, 15) is 5.11 Å². The topological polar surface area (TPSA) is 29.5 Å². The van der Waals surface area contributed by atoms with Crippen molar-refractivity contribution in [2.75, 3.05) is 0 Å². The Kier molecular flexibility index (Phi) is 1.24. The molecular weight excluding hydrogens is 116 g/mol. The smallest absolute Gasteiger partial charge is 0.0838 e. The highest BCUT2D eigenvalue weighted by atomic mass is 16.5. The van der Waals surface area contributed by atoms with Crippen molar-refractivity contribution < 1.29 is 9.84 Å². The van der Waals surface area contributed by atoms with Gasteiger partial charge in [0.25, 0.3) is 0 Å². The van der Waals surface area contributed by atoms with Gasteiger partial charge in [-0.25, -0.2) is 0 Å². The second-order valence-electron chi connectivity index (χ2n) is 3.02. The lowest BCUT2D eigenvalue weighted by molar-refractivity contribution is -0.0746. The standard InChI is InChI=1S/C7H12O2/c8-6-3-1-5-2-4-7(6)9-5/h5-8H,1-4H2/t5-,6+,7?/m1/s1. The highest BCUT2D eigenvalue weighted by Crippen LogP contribution is 2.32. The first-order valence-corrected chi connectivity index (χ1v) is 3.70. The minimum atomic E-state index is -0.163. The van der Waals surface area contributed by atoms with Gasteiger partial charge < -0.3 is 9.84 Å². The van der Waals surface area contributed by atoms with Crippen LogP contribution in [0.25, 0.3) is 0 Å². The van der Waals surface area contributed by atoms with Crippen LogP contribution in [-0.2, 0) is 4.74 Å². The Morgan fingerprint density at radius 2 is 1.89 bits per heavy atom. The summed E-state index contributed by atoms with van der Waals surface area (Å²) in [6.07, 6.45) is 4.77. The second kappa shape index (κ2) is 1.96. The Balaban J connectivity index is 2.05. The fourth-order valence-corrected chi connectivity index (χ4v) is 1.77.